The predicted molar refractivity (Wildman–Crippen MR) is 61.3 cm³/mol. The number of nitrogens with one attached hydrogen (secondary N) is 1. The molecule has 1 aromatic rings. The average Bonchev–Trinajstić information content (AvgIpc) is 2.84. The fourth-order valence-corrected chi connectivity index (χ4v) is 1.86. The van der Waals surface area contributed by atoms with E-state index in [-0.39, 0.29) is 11.9 Å². The summed E-state index contributed by atoms with van der Waals surface area (Å²) in [4.78, 5) is 10.8. The van der Waals surface area contributed by atoms with Gasteiger partial charge in [0.05, 0.1) is 6.61 Å². The lowest BCUT2D eigenvalue weighted by Gasteiger charge is -2.38. The van der Waals surface area contributed by atoms with Gasteiger partial charge in [-0.05, 0) is 0 Å². The molecule has 0 spiro atoms. The molecule has 1 saturated heterocycles. The van der Waals surface area contributed by atoms with Gasteiger partial charge >= 0.3 is 6.01 Å². The lowest BCUT2D eigenvalue weighted by molar-refractivity contribution is -0.236. The fourth-order valence-electron chi connectivity index (χ4n) is 1.86. The topological polar surface area (TPSA) is 158 Å². The van der Waals surface area contributed by atoms with E-state index in [2.05, 4.69) is 15.5 Å². The number of rotatable bonds is 3. The predicted octanol–water partition coefficient (Wildman–Crippen LogP) is -2.46. The van der Waals surface area contributed by atoms with E-state index in [1.54, 1.807) is 0 Å². The van der Waals surface area contributed by atoms with E-state index in [1.807, 2.05) is 0 Å². The van der Waals surface area contributed by atoms with Gasteiger partial charge in [-0.2, -0.15) is 0 Å². The molecule has 0 bridgehead atoms. The van der Waals surface area contributed by atoms with Crippen LogP contribution in [0.1, 0.15) is 18.9 Å². The third-order valence-electron chi connectivity index (χ3n) is 2.86. The van der Waals surface area contributed by atoms with Gasteiger partial charge in [0, 0.05) is 6.92 Å². The Morgan fingerprint density at radius 1 is 1.25 bits per heavy atom. The Hall–Kier alpha value is -1.59. The number of nitrogens with zero attached hydrogens (tertiary/aromatic N) is 2. The van der Waals surface area contributed by atoms with Crippen molar-refractivity contribution in [1.82, 2.24) is 10.2 Å². The first-order chi connectivity index (χ1) is 9.43. The van der Waals surface area contributed by atoms with Crippen LogP contribution < -0.4 is 5.32 Å². The normalized spacial score (nSPS) is 34.0. The van der Waals surface area contributed by atoms with Crippen molar-refractivity contribution in [2.75, 3.05) is 11.9 Å². The van der Waals surface area contributed by atoms with E-state index in [9.17, 15) is 20.1 Å². The highest BCUT2D eigenvalue weighted by molar-refractivity contribution is 5.86. The van der Waals surface area contributed by atoms with Crippen LogP contribution in [0, 0.1) is 0 Å². The Labute approximate surface area is 113 Å². The lowest BCUT2D eigenvalue weighted by atomic mass is 9.95. The Morgan fingerprint density at radius 3 is 2.55 bits per heavy atom. The summed E-state index contributed by atoms with van der Waals surface area (Å²) in [5.41, 5.74) is 0. The number of aromatic nitrogens is 2. The molecule has 112 valence electrons. The Bertz CT molecular complexity index is 477. The zero-order valence-electron chi connectivity index (χ0n) is 10.5. The van der Waals surface area contributed by atoms with Gasteiger partial charge in [0.1, 0.15) is 24.4 Å². The van der Waals surface area contributed by atoms with Gasteiger partial charge in [-0.3, -0.25) is 10.1 Å². The maximum atomic E-state index is 10.8. The van der Waals surface area contributed by atoms with Crippen molar-refractivity contribution in [3.05, 3.63) is 5.89 Å². The number of aliphatic hydroxyl groups is 4. The first-order valence-corrected chi connectivity index (χ1v) is 5.85. The summed E-state index contributed by atoms with van der Waals surface area (Å²) in [5, 5.41) is 47.5. The molecule has 0 aliphatic carbocycles. The molecule has 1 aromatic heterocycles. The quantitative estimate of drug-likeness (QED) is 0.407. The van der Waals surface area contributed by atoms with Crippen LogP contribution in [-0.2, 0) is 9.53 Å². The second-order valence-electron chi connectivity index (χ2n) is 4.38. The number of anilines is 1. The smallest absolute Gasteiger partial charge is 0.322 e. The first-order valence-electron chi connectivity index (χ1n) is 5.85. The van der Waals surface area contributed by atoms with Crippen LogP contribution in [0.3, 0.4) is 0 Å². The number of carbonyl (C=O) groups excluding carboxylic acids is 1. The summed E-state index contributed by atoms with van der Waals surface area (Å²) in [6, 6.07) is -0.190. The monoisotopic (exact) mass is 289 g/mol. The molecule has 5 atom stereocenters. The van der Waals surface area contributed by atoms with E-state index in [0.29, 0.717) is 0 Å². The minimum absolute atomic E-state index is 0.189. The van der Waals surface area contributed by atoms with E-state index in [0.717, 1.165) is 0 Å². The molecule has 1 aliphatic heterocycles. The van der Waals surface area contributed by atoms with E-state index >= 15 is 0 Å². The maximum absolute atomic E-state index is 10.8. The van der Waals surface area contributed by atoms with Crippen molar-refractivity contribution in [2.24, 2.45) is 0 Å². The Balaban J connectivity index is 2.18. The van der Waals surface area contributed by atoms with Crippen molar-refractivity contribution in [1.29, 1.82) is 0 Å². The highest BCUT2D eigenvalue weighted by Crippen LogP contribution is 2.32. The van der Waals surface area contributed by atoms with Crippen molar-refractivity contribution >= 4 is 11.9 Å². The SMILES string of the molecule is CC(=O)Nc1nnc([C@@H]2O[C@H](CO)[C@@H](O)[C@H](O)[C@H]2O)o1. The molecule has 10 nitrogen and oxygen atoms in total. The van der Waals surface area contributed by atoms with Crippen LogP contribution >= 0.6 is 0 Å². The minimum atomic E-state index is -1.54. The standard InChI is InChI=1S/C10H15N3O7/c1-3(15)11-10-13-12-9(20-10)8-7(18)6(17)5(16)4(2-14)19-8/h4-8,14,16-18H,2H2,1H3,(H,11,13,15)/t4-,5-,6+,7-,8-/m1/s1. The highest BCUT2D eigenvalue weighted by Gasteiger charge is 2.46. The zero-order chi connectivity index (χ0) is 14.9. The van der Waals surface area contributed by atoms with Gasteiger partial charge in [0.2, 0.25) is 11.8 Å². The third kappa shape index (κ3) is 2.78. The van der Waals surface area contributed by atoms with Crippen molar-refractivity contribution in [3.63, 3.8) is 0 Å². The summed E-state index contributed by atoms with van der Waals surface area (Å²) < 4.78 is 10.3. The van der Waals surface area contributed by atoms with Crippen molar-refractivity contribution in [2.45, 2.75) is 37.4 Å². The van der Waals surface area contributed by atoms with Gasteiger partial charge in [-0.25, -0.2) is 0 Å². The summed E-state index contributed by atoms with van der Waals surface area (Å²) in [6.07, 6.45) is -6.82. The van der Waals surface area contributed by atoms with Crippen LogP contribution in [0.4, 0.5) is 6.01 Å². The third-order valence-corrected chi connectivity index (χ3v) is 2.86. The Kier molecular flexibility index (Phi) is 4.30. The largest absolute Gasteiger partial charge is 0.405 e. The van der Waals surface area contributed by atoms with E-state index in [4.69, 9.17) is 14.3 Å². The van der Waals surface area contributed by atoms with Crippen LogP contribution in [-0.4, -0.2) is 67.6 Å². The lowest BCUT2D eigenvalue weighted by Crippen LogP contribution is -2.55. The van der Waals surface area contributed by atoms with Gasteiger partial charge in [-0.15, -0.1) is 5.10 Å². The molecule has 1 aliphatic rings. The molecule has 1 amide bonds. The maximum Gasteiger partial charge on any atom is 0.322 e. The fraction of sp³-hybridized carbons (Fsp3) is 0.700. The van der Waals surface area contributed by atoms with Crippen molar-refractivity contribution in [3.8, 4) is 0 Å². The number of hydrogen-bond donors (Lipinski definition) is 5. The summed E-state index contributed by atoms with van der Waals surface area (Å²) in [6.45, 7) is 0.686. The molecule has 10 heteroatoms. The van der Waals surface area contributed by atoms with Gasteiger partial charge in [0.25, 0.3) is 0 Å². The van der Waals surface area contributed by atoms with E-state index in [1.165, 1.54) is 6.92 Å². The first kappa shape index (κ1) is 14.8. The summed E-state index contributed by atoms with van der Waals surface area (Å²) >= 11 is 0. The van der Waals surface area contributed by atoms with Gasteiger partial charge < -0.3 is 29.6 Å². The molecule has 0 saturated carbocycles. The molecule has 0 unspecified atom stereocenters. The molecule has 0 radical (unpaired) electrons. The second kappa shape index (κ2) is 5.81. The number of hydrogen-bond acceptors (Lipinski definition) is 9. The molecule has 5 N–H and O–H groups in total. The highest BCUT2D eigenvalue weighted by atomic mass is 16.6. The van der Waals surface area contributed by atoms with Crippen molar-refractivity contribution < 1.29 is 34.4 Å². The number of amides is 1. The number of aliphatic hydroxyl groups excluding tert-OH is 4. The van der Waals surface area contributed by atoms with Crippen LogP contribution in [0.5, 0.6) is 0 Å². The molecule has 1 fully saturated rings. The molecule has 2 heterocycles. The van der Waals surface area contributed by atoms with Crippen LogP contribution in [0.15, 0.2) is 4.42 Å². The second-order valence-corrected chi connectivity index (χ2v) is 4.38. The van der Waals surface area contributed by atoms with Crippen LogP contribution in [0.2, 0.25) is 0 Å². The number of ether oxygens (including phenoxy) is 1. The molecular weight excluding hydrogens is 274 g/mol. The Morgan fingerprint density at radius 2 is 1.95 bits per heavy atom. The summed E-state index contributed by atoms with van der Waals surface area (Å²) in [5.74, 6) is -0.611. The van der Waals surface area contributed by atoms with Crippen LogP contribution in [0.25, 0.3) is 0 Å². The average molecular weight is 289 g/mol. The minimum Gasteiger partial charge on any atom is -0.405 e. The molecule has 0 aromatic carbocycles. The molecular formula is C10H15N3O7. The van der Waals surface area contributed by atoms with Gasteiger partial charge in [-0.1, -0.05) is 5.10 Å². The van der Waals surface area contributed by atoms with Gasteiger partial charge in [0.15, 0.2) is 6.10 Å². The van der Waals surface area contributed by atoms with E-state index < -0.39 is 43.0 Å². The summed E-state index contributed by atoms with van der Waals surface area (Å²) in [7, 11) is 0. The molecule has 20 heavy (non-hydrogen) atoms. The molecule has 2 rings (SSSR count). The zero-order valence-corrected chi connectivity index (χ0v) is 10.5. The number of carbonyl (C=O) groups is 1.